The van der Waals surface area contributed by atoms with Crippen molar-refractivity contribution in [1.82, 2.24) is 0 Å². The van der Waals surface area contributed by atoms with E-state index >= 15 is 0 Å². The van der Waals surface area contributed by atoms with Crippen LogP contribution in [0, 0.1) is 0 Å². The van der Waals surface area contributed by atoms with Crippen LogP contribution in [0.15, 0.2) is 30.3 Å². The molecule has 0 fully saturated rings. The lowest BCUT2D eigenvalue weighted by molar-refractivity contribution is -0.254. The molecule has 0 saturated heterocycles. The molecule has 0 radical (unpaired) electrons. The molecule has 5 nitrogen and oxygen atoms in total. The minimum Gasteiger partial charge on any atom is -0.544 e. The Hall–Kier alpha value is -2.31. The highest BCUT2D eigenvalue weighted by molar-refractivity contribution is 7.16. The number of aromatic carboxylic acids is 1. The second kappa shape index (κ2) is 5.82. The van der Waals surface area contributed by atoms with Gasteiger partial charge in [-0.1, -0.05) is 17.7 Å². The van der Waals surface area contributed by atoms with Crippen LogP contribution in [0.5, 0.6) is 11.5 Å². The molecule has 0 saturated carbocycles. The number of benzene rings is 1. The van der Waals surface area contributed by atoms with Crippen molar-refractivity contribution in [2.75, 3.05) is 6.79 Å². The van der Waals surface area contributed by atoms with Gasteiger partial charge in [-0.05, 0) is 35.9 Å². The number of ether oxygens (including phenoxy) is 2. The quantitative estimate of drug-likeness (QED) is 0.633. The van der Waals surface area contributed by atoms with E-state index in [9.17, 15) is 14.7 Å². The van der Waals surface area contributed by atoms with E-state index in [0.717, 1.165) is 11.3 Å². The summed E-state index contributed by atoms with van der Waals surface area (Å²) in [6, 6.07) is 6.16. The fourth-order valence-corrected chi connectivity index (χ4v) is 2.95. The van der Waals surface area contributed by atoms with Crippen molar-refractivity contribution in [1.29, 1.82) is 0 Å². The normalized spacial score (nSPS) is 12.8. The van der Waals surface area contributed by atoms with Crippen molar-refractivity contribution in [3.05, 3.63) is 50.7 Å². The number of hydrogen-bond acceptors (Lipinski definition) is 6. The zero-order chi connectivity index (χ0) is 15.7. The average Bonchev–Trinajstić information content (AvgIpc) is 3.13. The summed E-state index contributed by atoms with van der Waals surface area (Å²) in [7, 11) is 0. The molecular formula is C15H8ClO5S-. The highest BCUT2D eigenvalue weighted by Crippen LogP contribution is 2.40. The van der Waals surface area contributed by atoms with E-state index in [1.807, 2.05) is 0 Å². The van der Waals surface area contributed by atoms with E-state index in [4.69, 9.17) is 21.1 Å². The fourth-order valence-electron chi connectivity index (χ4n) is 1.92. The summed E-state index contributed by atoms with van der Waals surface area (Å²) < 4.78 is 10.4. The molecule has 0 amide bonds. The van der Waals surface area contributed by atoms with Gasteiger partial charge in [0.15, 0.2) is 17.3 Å². The molecule has 1 aromatic carbocycles. The molecule has 22 heavy (non-hydrogen) atoms. The number of carbonyl (C=O) groups is 2. The summed E-state index contributed by atoms with van der Waals surface area (Å²) in [5.74, 6) is -0.584. The number of carbonyl (C=O) groups excluding carboxylic acids is 2. The third-order valence-electron chi connectivity index (χ3n) is 2.93. The first-order chi connectivity index (χ1) is 10.5. The van der Waals surface area contributed by atoms with Crippen LogP contribution in [-0.2, 0) is 0 Å². The van der Waals surface area contributed by atoms with Gasteiger partial charge < -0.3 is 19.4 Å². The van der Waals surface area contributed by atoms with E-state index in [1.54, 1.807) is 18.2 Å². The van der Waals surface area contributed by atoms with Crippen LogP contribution in [0.1, 0.15) is 24.9 Å². The van der Waals surface area contributed by atoms with Crippen molar-refractivity contribution in [2.45, 2.75) is 0 Å². The SMILES string of the molecule is O=C([O-])c1ccc(C(=O)/C=C/c2cc(Cl)c3c(c2)OCO3)s1. The molecule has 3 rings (SSSR count). The Kier molecular flexibility index (Phi) is 3.87. The largest absolute Gasteiger partial charge is 0.544 e. The Bertz CT molecular complexity index is 793. The third-order valence-corrected chi connectivity index (χ3v) is 4.29. The summed E-state index contributed by atoms with van der Waals surface area (Å²) in [5.41, 5.74) is 0.680. The predicted octanol–water partition coefficient (Wildman–Crippen LogP) is 2.39. The van der Waals surface area contributed by atoms with Crippen LogP contribution in [0.4, 0.5) is 0 Å². The van der Waals surface area contributed by atoms with Gasteiger partial charge in [0.25, 0.3) is 0 Å². The molecule has 0 N–H and O–H groups in total. The molecule has 1 aliphatic rings. The molecule has 0 aliphatic carbocycles. The van der Waals surface area contributed by atoms with Crippen LogP contribution >= 0.6 is 22.9 Å². The summed E-state index contributed by atoms with van der Waals surface area (Å²) in [5, 5.41) is 11.1. The van der Waals surface area contributed by atoms with Crippen molar-refractivity contribution >= 4 is 40.8 Å². The smallest absolute Gasteiger partial charge is 0.231 e. The molecule has 0 atom stereocenters. The number of rotatable bonds is 4. The lowest BCUT2D eigenvalue weighted by atomic mass is 10.1. The van der Waals surface area contributed by atoms with Gasteiger partial charge in [-0.3, -0.25) is 4.79 Å². The lowest BCUT2D eigenvalue weighted by Crippen LogP contribution is -2.20. The molecule has 1 aliphatic heterocycles. The van der Waals surface area contributed by atoms with Crippen molar-refractivity contribution in [3.8, 4) is 11.5 Å². The number of hydrogen-bond donors (Lipinski definition) is 0. The predicted molar refractivity (Wildman–Crippen MR) is 79.6 cm³/mol. The summed E-state index contributed by atoms with van der Waals surface area (Å²) in [4.78, 5) is 23.0. The maximum absolute atomic E-state index is 12.0. The molecule has 1 aromatic heterocycles. The number of fused-ring (bicyclic) bond motifs is 1. The average molecular weight is 336 g/mol. The number of thiophene rings is 1. The minimum absolute atomic E-state index is 0.0165. The third kappa shape index (κ3) is 2.84. The molecular weight excluding hydrogens is 328 g/mol. The second-order valence-corrected chi connectivity index (χ2v) is 5.88. The highest BCUT2D eigenvalue weighted by atomic mass is 35.5. The van der Waals surface area contributed by atoms with Gasteiger partial charge in [0, 0.05) is 0 Å². The van der Waals surface area contributed by atoms with Crippen molar-refractivity contribution < 1.29 is 24.2 Å². The molecule has 0 unspecified atom stereocenters. The van der Waals surface area contributed by atoms with Gasteiger partial charge in [-0.15, -0.1) is 11.3 Å². The first-order valence-corrected chi connectivity index (χ1v) is 7.37. The topological polar surface area (TPSA) is 75.7 Å². The second-order valence-electron chi connectivity index (χ2n) is 4.39. The molecule has 7 heteroatoms. The van der Waals surface area contributed by atoms with Crippen LogP contribution in [0.3, 0.4) is 0 Å². The van der Waals surface area contributed by atoms with Crippen molar-refractivity contribution in [2.24, 2.45) is 0 Å². The number of carboxylic acids is 1. The van der Waals surface area contributed by atoms with Gasteiger partial charge in [0.2, 0.25) is 6.79 Å². The first kappa shape index (κ1) is 14.6. The monoisotopic (exact) mass is 335 g/mol. The van der Waals surface area contributed by atoms with Gasteiger partial charge in [0.1, 0.15) is 0 Å². The number of ketones is 1. The standard InChI is InChI=1S/C15H9ClO5S/c16-9-5-8(6-11-14(9)21-7-20-11)1-2-10(17)12-3-4-13(22-12)15(18)19/h1-6H,7H2,(H,18,19)/p-1/b2-1+. The Morgan fingerprint density at radius 1 is 1.23 bits per heavy atom. The van der Waals surface area contributed by atoms with Crippen LogP contribution in [0.2, 0.25) is 5.02 Å². The maximum Gasteiger partial charge on any atom is 0.231 e. The number of halogens is 1. The van der Waals surface area contributed by atoms with E-state index in [0.29, 0.717) is 27.0 Å². The highest BCUT2D eigenvalue weighted by Gasteiger charge is 2.17. The minimum atomic E-state index is -1.30. The van der Waals surface area contributed by atoms with Gasteiger partial charge >= 0.3 is 0 Å². The van der Waals surface area contributed by atoms with E-state index < -0.39 is 5.97 Å². The van der Waals surface area contributed by atoms with E-state index in [1.165, 1.54) is 18.2 Å². The zero-order valence-corrected chi connectivity index (χ0v) is 12.6. The van der Waals surface area contributed by atoms with Gasteiger partial charge in [-0.2, -0.15) is 0 Å². The maximum atomic E-state index is 12.0. The van der Waals surface area contributed by atoms with E-state index in [-0.39, 0.29) is 17.5 Å². The number of allylic oxidation sites excluding steroid dienone is 1. The molecule has 112 valence electrons. The summed E-state index contributed by atoms with van der Waals surface area (Å²) >= 11 is 6.93. The molecule has 2 heterocycles. The van der Waals surface area contributed by atoms with Gasteiger partial charge in [0.05, 0.1) is 20.7 Å². The molecule has 0 spiro atoms. The molecule has 2 aromatic rings. The summed E-state index contributed by atoms with van der Waals surface area (Å²) in [6.07, 6.45) is 2.92. The molecule has 0 bridgehead atoms. The summed E-state index contributed by atoms with van der Waals surface area (Å²) in [6.45, 7) is 0.113. The lowest BCUT2D eigenvalue weighted by Gasteiger charge is -2.00. The Balaban J connectivity index is 1.80. The fraction of sp³-hybridized carbons (Fsp3) is 0.0667. The zero-order valence-electron chi connectivity index (χ0n) is 11.0. The van der Waals surface area contributed by atoms with Gasteiger partial charge in [-0.25, -0.2) is 0 Å². The number of carboxylic acid groups (broad SMARTS) is 1. The van der Waals surface area contributed by atoms with Crippen molar-refractivity contribution in [3.63, 3.8) is 0 Å². The van der Waals surface area contributed by atoms with Crippen LogP contribution in [0.25, 0.3) is 6.08 Å². The Morgan fingerprint density at radius 2 is 2.00 bits per heavy atom. The Morgan fingerprint density at radius 3 is 2.73 bits per heavy atom. The van der Waals surface area contributed by atoms with Crippen LogP contribution in [-0.4, -0.2) is 18.5 Å². The van der Waals surface area contributed by atoms with Crippen LogP contribution < -0.4 is 14.6 Å². The first-order valence-electron chi connectivity index (χ1n) is 6.17. The van der Waals surface area contributed by atoms with E-state index in [2.05, 4.69) is 0 Å². The Labute approximate surface area is 134 Å².